The maximum absolute atomic E-state index is 11.9. The van der Waals surface area contributed by atoms with Crippen LogP contribution in [0.5, 0.6) is 0 Å². The molecule has 22 heavy (non-hydrogen) atoms. The molecule has 0 aliphatic rings. The van der Waals surface area contributed by atoms with Crippen LogP contribution in [0.2, 0.25) is 0 Å². The zero-order valence-corrected chi connectivity index (χ0v) is 12.8. The number of carboxylic acids is 1. The van der Waals surface area contributed by atoms with Gasteiger partial charge in [-0.1, -0.05) is 6.07 Å². The van der Waals surface area contributed by atoms with E-state index in [-0.39, 0.29) is 6.42 Å². The highest BCUT2D eigenvalue weighted by molar-refractivity contribution is 5.79. The number of carboxylic acid groups (broad SMARTS) is 1. The van der Waals surface area contributed by atoms with E-state index < -0.39 is 23.7 Å². The number of fused-ring (bicyclic) bond motifs is 1. The van der Waals surface area contributed by atoms with Crippen LogP contribution in [0.15, 0.2) is 34.9 Å². The van der Waals surface area contributed by atoms with E-state index in [1.807, 2.05) is 0 Å². The molecule has 0 saturated carbocycles. The minimum Gasteiger partial charge on any atom is -0.481 e. The summed E-state index contributed by atoms with van der Waals surface area (Å²) in [5.74, 6) is -1.01. The highest BCUT2D eigenvalue weighted by Crippen LogP contribution is 2.24. The Morgan fingerprint density at radius 3 is 2.68 bits per heavy atom. The lowest BCUT2D eigenvalue weighted by Crippen LogP contribution is -2.35. The molecule has 1 amide bonds. The van der Waals surface area contributed by atoms with Gasteiger partial charge in [0.15, 0.2) is 0 Å². The SMILES string of the molecule is CC(C)(C)OC(=O)NC(CC(=O)O)c1ccc2occc2c1. The normalized spacial score (nSPS) is 12.9. The number of hydrogen-bond acceptors (Lipinski definition) is 4. The van der Waals surface area contributed by atoms with E-state index >= 15 is 0 Å². The van der Waals surface area contributed by atoms with E-state index in [9.17, 15) is 9.59 Å². The highest BCUT2D eigenvalue weighted by atomic mass is 16.6. The topological polar surface area (TPSA) is 88.8 Å². The number of rotatable bonds is 4. The first-order valence-electron chi connectivity index (χ1n) is 6.93. The highest BCUT2D eigenvalue weighted by Gasteiger charge is 2.22. The van der Waals surface area contributed by atoms with Crippen LogP contribution in [0.25, 0.3) is 11.0 Å². The summed E-state index contributed by atoms with van der Waals surface area (Å²) < 4.78 is 10.4. The number of furan rings is 1. The van der Waals surface area contributed by atoms with Crippen LogP contribution in [0.3, 0.4) is 0 Å². The summed E-state index contributed by atoms with van der Waals surface area (Å²) in [7, 11) is 0. The van der Waals surface area contributed by atoms with Gasteiger partial charge in [0.2, 0.25) is 0 Å². The average Bonchev–Trinajstić information content (AvgIpc) is 2.81. The van der Waals surface area contributed by atoms with Crippen molar-refractivity contribution in [2.24, 2.45) is 0 Å². The Morgan fingerprint density at radius 2 is 2.05 bits per heavy atom. The van der Waals surface area contributed by atoms with Gasteiger partial charge in [0, 0.05) is 5.39 Å². The third-order valence-electron chi connectivity index (χ3n) is 2.95. The third-order valence-corrected chi connectivity index (χ3v) is 2.95. The zero-order valence-electron chi connectivity index (χ0n) is 12.8. The maximum atomic E-state index is 11.9. The Hall–Kier alpha value is -2.50. The fourth-order valence-electron chi connectivity index (χ4n) is 2.08. The monoisotopic (exact) mass is 305 g/mol. The van der Waals surface area contributed by atoms with Gasteiger partial charge in [-0.3, -0.25) is 4.79 Å². The Labute approximate surface area is 128 Å². The molecule has 2 rings (SSSR count). The first-order chi connectivity index (χ1) is 10.2. The molecule has 1 unspecified atom stereocenters. The maximum Gasteiger partial charge on any atom is 0.408 e. The molecule has 2 aromatic rings. The average molecular weight is 305 g/mol. The number of carbonyl (C=O) groups excluding carboxylic acids is 1. The molecule has 1 heterocycles. The molecule has 6 nitrogen and oxygen atoms in total. The Bertz CT molecular complexity index is 683. The van der Waals surface area contributed by atoms with E-state index in [4.69, 9.17) is 14.3 Å². The minimum absolute atomic E-state index is 0.234. The molecule has 2 N–H and O–H groups in total. The van der Waals surface area contributed by atoms with E-state index in [0.29, 0.717) is 11.1 Å². The Balaban J connectivity index is 2.21. The summed E-state index contributed by atoms with van der Waals surface area (Å²) in [5.41, 5.74) is 0.740. The molecule has 0 aliphatic heterocycles. The van der Waals surface area contributed by atoms with Gasteiger partial charge >= 0.3 is 12.1 Å². The fraction of sp³-hybridized carbons (Fsp3) is 0.375. The molecule has 0 bridgehead atoms. The number of ether oxygens (including phenoxy) is 1. The van der Waals surface area contributed by atoms with E-state index in [2.05, 4.69) is 5.32 Å². The zero-order chi connectivity index (χ0) is 16.3. The quantitative estimate of drug-likeness (QED) is 0.902. The van der Waals surface area contributed by atoms with E-state index in [1.165, 1.54) is 0 Å². The first kappa shape index (κ1) is 15.9. The van der Waals surface area contributed by atoms with Crippen LogP contribution in [0.4, 0.5) is 4.79 Å². The lowest BCUT2D eigenvalue weighted by Gasteiger charge is -2.23. The summed E-state index contributed by atoms with van der Waals surface area (Å²) >= 11 is 0. The first-order valence-corrected chi connectivity index (χ1v) is 6.93. The van der Waals surface area contributed by atoms with Gasteiger partial charge in [-0.2, -0.15) is 0 Å². The summed E-state index contributed by atoms with van der Waals surface area (Å²) in [6, 6.07) is 6.38. The van der Waals surface area contributed by atoms with E-state index in [1.54, 1.807) is 51.3 Å². The molecular weight excluding hydrogens is 286 g/mol. The number of hydrogen-bond donors (Lipinski definition) is 2. The molecule has 0 spiro atoms. The molecule has 6 heteroatoms. The van der Waals surface area contributed by atoms with Crippen LogP contribution in [-0.2, 0) is 9.53 Å². The van der Waals surface area contributed by atoms with Crippen molar-refractivity contribution in [2.45, 2.75) is 38.8 Å². The number of alkyl carbamates (subject to hydrolysis) is 1. The van der Waals surface area contributed by atoms with Gasteiger partial charge in [0.05, 0.1) is 18.7 Å². The third kappa shape index (κ3) is 4.25. The predicted molar refractivity (Wildman–Crippen MR) is 80.6 cm³/mol. The summed E-state index contributed by atoms with van der Waals surface area (Å²) in [6.45, 7) is 5.24. The Morgan fingerprint density at radius 1 is 1.32 bits per heavy atom. The van der Waals surface area contributed by atoms with Gasteiger partial charge in [-0.25, -0.2) is 4.79 Å². The second kappa shape index (κ2) is 6.09. The second-order valence-corrected chi connectivity index (χ2v) is 6.01. The van der Waals surface area contributed by atoms with Gasteiger partial charge < -0.3 is 19.6 Å². The smallest absolute Gasteiger partial charge is 0.408 e. The summed E-state index contributed by atoms with van der Waals surface area (Å²) in [5, 5.41) is 12.5. The fourth-order valence-corrected chi connectivity index (χ4v) is 2.08. The van der Waals surface area contributed by atoms with Crippen molar-refractivity contribution in [1.82, 2.24) is 5.32 Å². The number of carbonyl (C=O) groups is 2. The number of aliphatic carboxylic acids is 1. The lowest BCUT2D eigenvalue weighted by molar-refractivity contribution is -0.137. The van der Waals surface area contributed by atoms with E-state index in [0.717, 1.165) is 5.39 Å². The summed E-state index contributed by atoms with van der Waals surface area (Å²) in [6.07, 6.45) is 0.677. The predicted octanol–water partition coefficient (Wildman–Crippen LogP) is 3.47. The largest absolute Gasteiger partial charge is 0.481 e. The van der Waals surface area contributed by atoms with Gasteiger partial charge in [-0.15, -0.1) is 0 Å². The van der Waals surface area contributed by atoms with Crippen molar-refractivity contribution in [3.63, 3.8) is 0 Å². The van der Waals surface area contributed by atoms with Gasteiger partial charge in [0.25, 0.3) is 0 Å². The van der Waals surface area contributed by atoms with Crippen molar-refractivity contribution in [3.05, 3.63) is 36.1 Å². The number of nitrogens with one attached hydrogen (secondary N) is 1. The summed E-state index contributed by atoms with van der Waals surface area (Å²) in [4.78, 5) is 22.9. The molecular formula is C16H19NO5. The molecule has 1 atom stereocenters. The van der Waals surface area contributed by atoms with Crippen LogP contribution in [0, 0.1) is 0 Å². The van der Waals surface area contributed by atoms with Crippen LogP contribution in [0.1, 0.15) is 38.8 Å². The van der Waals surface area contributed by atoms with Crippen LogP contribution >= 0.6 is 0 Å². The van der Waals surface area contributed by atoms with Gasteiger partial charge in [-0.05, 0) is 44.5 Å². The molecule has 118 valence electrons. The molecule has 0 aliphatic carbocycles. The number of benzene rings is 1. The second-order valence-electron chi connectivity index (χ2n) is 6.01. The molecule has 0 saturated heterocycles. The van der Waals surface area contributed by atoms with Crippen LogP contribution in [-0.4, -0.2) is 22.8 Å². The van der Waals surface area contributed by atoms with Crippen molar-refractivity contribution in [1.29, 1.82) is 0 Å². The molecule has 0 fully saturated rings. The molecule has 0 radical (unpaired) electrons. The van der Waals surface area contributed by atoms with Crippen molar-refractivity contribution in [2.75, 3.05) is 0 Å². The van der Waals surface area contributed by atoms with Crippen molar-refractivity contribution in [3.8, 4) is 0 Å². The standard InChI is InChI=1S/C16H19NO5/c1-16(2,3)22-15(20)17-12(9-14(18)19)10-4-5-13-11(8-10)6-7-21-13/h4-8,12H,9H2,1-3H3,(H,17,20)(H,18,19). The van der Waals surface area contributed by atoms with Gasteiger partial charge in [0.1, 0.15) is 11.2 Å². The van der Waals surface area contributed by atoms with Crippen LogP contribution < -0.4 is 5.32 Å². The minimum atomic E-state index is -1.01. The van der Waals surface area contributed by atoms with Crippen molar-refractivity contribution < 1.29 is 23.8 Å². The molecule has 1 aromatic carbocycles. The molecule has 1 aromatic heterocycles. The van der Waals surface area contributed by atoms with Crippen molar-refractivity contribution >= 4 is 23.0 Å². The number of amides is 1. The Kier molecular flexibility index (Phi) is 4.40. The lowest BCUT2D eigenvalue weighted by atomic mass is 10.0.